The fraction of sp³-hybridized carbons (Fsp3) is 0.0244. The molecule has 0 unspecified atom stereocenters. The van der Waals surface area contributed by atoms with Crippen LogP contribution in [0.1, 0.15) is 11.3 Å². The molecule has 1 N–H and O–H groups in total. The van der Waals surface area contributed by atoms with E-state index in [1.165, 1.54) is 22.3 Å². The molecule has 8 rings (SSSR count). The summed E-state index contributed by atoms with van der Waals surface area (Å²) in [4.78, 5) is 2.36. The first-order valence-corrected chi connectivity index (χ1v) is 15.0. The predicted octanol–water partition coefficient (Wildman–Crippen LogP) is 10.7. The van der Waals surface area contributed by atoms with Gasteiger partial charge in [0.2, 0.25) is 0 Å². The molecule has 0 bridgehead atoms. The minimum Gasteiger partial charge on any atom is -0.458 e. The highest BCUT2D eigenvalue weighted by molar-refractivity contribution is 6.02. The number of nitrogens with zero attached hydrogens (tertiary/aromatic N) is 1. The third-order valence-electron chi connectivity index (χ3n) is 8.35. The lowest BCUT2D eigenvalue weighted by Crippen LogP contribution is -2.23. The van der Waals surface area contributed by atoms with Crippen LogP contribution in [-0.2, 0) is 6.54 Å². The van der Waals surface area contributed by atoms with Gasteiger partial charge in [0, 0.05) is 22.8 Å². The number of hydrogen-bond donors (Lipinski definition) is 1. The van der Waals surface area contributed by atoms with Gasteiger partial charge in [-0.15, -0.1) is 0 Å². The van der Waals surface area contributed by atoms with Crippen LogP contribution in [0.15, 0.2) is 168 Å². The maximum absolute atomic E-state index is 6.36. The third kappa shape index (κ3) is 4.65. The van der Waals surface area contributed by atoms with E-state index in [1.54, 1.807) is 0 Å². The van der Waals surface area contributed by atoms with E-state index in [2.05, 4.69) is 162 Å². The highest BCUT2D eigenvalue weighted by atomic mass is 16.3. The molecule has 7 aromatic rings. The van der Waals surface area contributed by atoms with Crippen molar-refractivity contribution < 1.29 is 4.42 Å². The zero-order chi connectivity index (χ0) is 29.3. The number of fused-ring (bicyclic) bond motifs is 3. The molecular formula is C41H30N2O. The Bertz CT molecular complexity index is 2090. The summed E-state index contributed by atoms with van der Waals surface area (Å²) in [6, 6.07) is 55.7. The van der Waals surface area contributed by atoms with Crippen LogP contribution < -0.4 is 10.2 Å². The average Bonchev–Trinajstić information content (AvgIpc) is 3.49. The summed E-state index contributed by atoms with van der Waals surface area (Å²) in [5.74, 6) is 0.944. The number of hydrogen-bond acceptors (Lipinski definition) is 3. The number of para-hydroxylation sites is 2. The molecule has 44 heavy (non-hydrogen) atoms. The topological polar surface area (TPSA) is 28.4 Å². The second-order valence-corrected chi connectivity index (χ2v) is 11.0. The smallest absolute Gasteiger partial charge is 0.135 e. The molecule has 0 aliphatic carbocycles. The van der Waals surface area contributed by atoms with E-state index < -0.39 is 0 Å². The van der Waals surface area contributed by atoms with Gasteiger partial charge >= 0.3 is 0 Å². The van der Waals surface area contributed by atoms with E-state index in [4.69, 9.17) is 4.42 Å². The number of benzene rings is 6. The summed E-state index contributed by atoms with van der Waals surface area (Å²) in [5, 5.41) is 4.61. The van der Waals surface area contributed by atoms with E-state index in [9.17, 15) is 0 Å². The van der Waals surface area contributed by atoms with E-state index in [-0.39, 0.29) is 0 Å². The van der Waals surface area contributed by atoms with Crippen molar-refractivity contribution in [2.75, 3.05) is 4.90 Å². The zero-order valence-electron chi connectivity index (χ0n) is 24.2. The summed E-state index contributed by atoms with van der Waals surface area (Å²) in [6.07, 6.45) is 2.13. The molecule has 210 valence electrons. The first-order chi connectivity index (χ1) is 21.8. The van der Waals surface area contributed by atoms with E-state index in [0.717, 1.165) is 50.5 Å². The highest BCUT2D eigenvalue weighted by Gasteiger charge is 2.28. The number of nitrogens with one attached hydrogen (secondary N) is 1. The zero-order valence-corrected chi connectivity index (χ0v) is 24.2. The van der Waals surface area contributed by atoms with Gasteiger partial charge in [0.05, 0.1) is 23.5 Å². The lowest BCUT2D eigenvalue weighted by atomic mass is 9.97. The fourth-order valence-corrected chi connectivity index (χ4v) is 6.22. The second-order valence-electron chi connectivity index (χ2n) is 11.0. The minimum absolute atomic E-state index is 0.650. The molecule has 3 heteroatoms. The van der Waals surface area contributed by atoms with Gasteiger partial charge in [0.1, 0.15) is 11.3 Å². The molecule has 1 aliphatic heterocycles. The van der Waals surface area contributed by atoms with Crippen molar-refractivity contribution in [2.45, 2.75) is 6.54 Å². The van der Waals surface area contributed by atoms with Crippen molar-refractivity contribution in [3.05, 3.63) is 175 Å². The van der Waals surface area contributed by atoms with Crippen molar-refractivity contribution >= 4 is 28.0 Å². The van der Waals surface area contributed by atoms with Crippen molar-refractivity contribution in [1.29, 1.82) is 0 Å². The molecule has 0 atom stereocenters. The highest BCUT2D eigenvalue weighted by Crippen LogP contribution is 2.45. The molecule has 3 nitrogen and oxygen atoms in total. The minimum atomic E-state index is 0.650. The van der Waals surface area contributed by atoms with E-state index in [0.29, 0.717) is 6.54 Å². The van der Waals surface area contributed by atoms with Crippen molar-refractivity contribution in [2.24, 2.45) is 0 Å². The largest absolute Gasteiger partial charge is 0.458 e. The Morgan fingerprint density at radius 1 is 0.500 bits per heavy atom. The fourth-order valence-electron chi connectivity index (χ4n) is 6.22. The van der Waals surface area contributed by atoms with Gasteiger partial charge in [-0.2, -0.15) is 0 Å². The molecule has 0 fully saturated rings. The molecule has 1 aliphatic rings. The SMILES string of the molecule is C1=C(N(c2ccc(-c3ccccc3)cc2)c2ccccc2-c2ccc(-c3ccccc3)cc2)c2c(oc3ccccc23)CN1. The number of anilines is 2. The van der Waals surface area contributed by atoms with Gasteiger partial charge in [-0.3, -0.25) is 0 Å². The van der Waals surface area contributed by atoms with Gasteiger partial charge in [-0.1, -0.05) is 133 Å². The van der Waals surface area contributed by atoms with Crippen molar-refractivity contribution in [3.8, 4) is 33.4 Å². The van der Waals surface area contributed by atoms with Gasteiger partial charge in [0.15, 0.2) is 0 Å². The Balaban J connectivity index is 1.29. The van der Waals surface area contributed by atoms with Gasteiger partial charge in [-0.25, -0.2) is 0 Å². The summed E-state index contributed by atoms with van der Waals surface area (Å²) in [5.41, 5.74) is 12.4. The van der Waals surface area contributed by atoms with Gasteiger partial charge < -0.3 is 14.6 Å². The van der Waals surface area contributed by atoms with Crippen LogP contribution in [0.5, 0.6) is 0 Å². The number of furan rings is 1. The summed E-state index contributed by atoms with van der Waals surface area (Å²) < 4.78 is 6.36. The molecular weight excluding hydrogens is 536 g/mol. The van der Waals surface area contributed by atoms with Crippen LogP contribution in [0.25, 0.3) is 50.0 Å². The van der Waals surface area contributed by atoms with Crippen molar-refractivity contribution in [1.82, 2.24) is 5.32 Å². The van der Waals surface area contributed by atoms with Crippen LogP contribution in [0.2, 0.25) is 0 Å². The second kappa shape index (κ2) is 11.1. The van der Waals surface area contributed by atoms with E-state index in [1.807, 2.05) is 12.1 Å². The maximum atomic E-state index is 6.36. The predicted molar refractivity (Wildman–Crippen MR) is 182 cm³/mol. The lowest BCUT2D eigenvalue weighted by Gasteiger charge is -2.32. The molecule has 0 radical (unpaired) electrons. The summed E-state index contributed by atoms with van der Waals surface area (Å²) in [6.45, 7) is 0.650. The first kappa shape index (κ1) is 25.9. The Labute approximate surface area is 257 Å². The van der Waals surface area contributed by atoms with Crippen LogP contribution in [0.3, 0.4) is 0 Å². The van der Waals surface area contributed by atoms with Crippen LogP contribution in [0.4, 0.5) is 11.4 Å². The molecule has 2 heterocycles. The average molecular weight is 567 g/mol. The molecule has 6 aromatic carbocycles. The van der Waals surface area contributed by atoms with Gasteiger partial charge in [0.25, 0.3) is 0 Å². The summed E-state index contributed by atoms with van der Waals surface area (Å²) in [7, 11) is 0. The molecule has 0 amide bonds. The molecule has 0 spiro atoms. The lowest BCUT2D eigenvalue weighted by molar-refractivity contribution is 0.531. The molecule has 1 aromatic heterocycles. The van der Waals surface area contributed by atoms with Crippen LogP contribution in [-0.4, -0.2) is 0 Å². The van der Waals surface area contributed by atoms with E-state index >= 15 is 0 Å². The number of rotatable bonds is 6. The Kier molecular flexibility index (Phi) is 6.54. The normalized spacial score (nSPS) is 12.3. The maximum Gasteiger partial charge on any atom is 0.135 e. The summed E-state index contributed by atoms with van der Waals surface area (Å²) >= 11 is 0. The molecule has 0 saturated carbocycles. The quantitative estimate of drug-likeness (QED) is 0.217. The standard InChI is InChI=1S/C41H30N2O/c1-3-11-29(12-4-1)31-19-21-33(22-20-31)35-15-7-9-17-37(35)43(34-25-23-32(24-26-34)30-13-5-2-6-14-30)38-27-42-28-40-41(38)36-16-8-10-18-39(36)44-40/h1-27,42H,28H2. The Morgan fingerprint density at radius 3 is 1.75 bits per heavy atom. The monoisotopic (exact) mass is 566 g/mol. The van der Waals surface area contributed by atoms with Gasteiger partial charge in [-0.05, 0) is 52.1 Å². The third-order valence-corrected chi connectivity index (χ3v) is 8.35. The van der Waals surface area contributed by atoms with Crippen LogP contribution in [0, 0.1) is 0 Å². The Morgan fingerprint density at radius 2 is 1.05 bits per heavy atom. The first-order valence-electron chi connectivity index (χ1n) is 15.0. The Hall–Kier alpha value is -5.80. The molecule has 0 saturated heterocycles. The van der Waals surface area contributed by atoms with Crippen LogP contribution >= 0.6 is 0 Å². The van der Waals surface area contributed by atoms with Crippen molar-refractivity contribution in [3.63, 3.8) is 0 Å².